The summed E-state index contributed by atoms with van der Waals surface area (Å²) in [7, 11) is 0. The van der Waals surface area contributed by atoms with E-state index >= 15 is 0 Å². The molecule has 1 aliphatic heterocycles. The van der Waals surface area contributed by atoms with Gasteiger partial charge in [0.25, 0.3) is 0 Å². The van der Waals surface area contributed by atoms with Gasteiger partial charge in [-0.05, 0) is 26.0 Å². The Morgan fingerprint density at radius 1 is 1.06 bits per heavy atom. The first-order valence-corrected chi connectivity index (χ1v) is 5.40. The summed E-state index contributed by atoms with van der Waals surface area (Å²) in [5.41, 5.74) is -0.605. The fourth-order valence-corrected chi connectivity index (χ4v) is 1.79. The van der Waals surface area contributed by atoms with Crippen molar-refractivity contribution in [2.75, 3.05) is 4.90 Å². The van der Waals surface area contributed by atoms with Crippen LogP contribution >= 0.6 is 0 Å². The highest BCUT2D eigenvalue weighted by Crippen LogP contribution is 2.31. The van der Waals surface area contributed by atoms with E-state index in [1.54, 1.807) is 44.2 Å². The topological polar surface area (TPSA) is 54.5 Å². The fraction of sp³-hybridized carbons (Fsp3) is 0.308. The van der Waals surface area contributed by atoms with E-state index in [1.807, 2.05) is 0 Å². The zero-order valence-electron chi connectivity index (χ0n) is 9.77. The number of para-hydroxylation sites is 1. The highest BCUT2D eigenvalue weighted by Gasteiger charge is 2.47. The number of anilines is 1. The molecular formula is C13H13NO3. The maximum atomic E-state index is 12.2. The van der Waals surface area contributed by atoms with Crippen molar-refractivity contribution in [3.8, 4) is 0 Å². The Morgan fingerprint density at radius 3 is 2.24 bits per heavy atom. The molecule has 1 aromatic rings. The second kappa shape index (κ2) is 3.80. The summed E-state index contributed by atoms with van der Waals surface area (Å²) in [5, 5.41) is 0. The van der Waals surface area contributed by atoms with Gasteiger partial charge in [0.15, 0.2) is 5.78 Å². The fourth-order valence-electron chi connectivity index (χ4n) is 1.79. The summed E-state index contributed by atoms with van der Waals surface area (Å²) in [4.78, 5) is 36.7. The average molecular weight is 231 g/mol. The van der Waals surface area contributed by atoms with E-state index < -0.39 is 17.2 Å². The molecule has 2 rings (SSSR count). The third-order valence-electron chi connectivity index (χ3n) is 3.01. The number of imide groups is 1. The molecule has 4 nitrogen and oxygen atoms in total. The minimum absolute atomic E-state index is 0.215. The molecule has 1 aromatic carbocycles. The van der Waals surface area contributed by atoms with Crippen LogP contribution in [0, 0.1) is 5.41 Å². The molecule has 1 fully saturated rings. The number of rotatable bonds is 1. The smallest absolute Gasteiger partial charge is 0.246 e. The lowest BCUT2D eigenvalue weighted by Gasteiger charge is -2.34. The van der Waals surface area contributed by atoms with Gasteiger partial charge >= 0.3 is 0 Å². The lowest BCUT2D eigenvalue weighted by Crippen LogP contribution is -2.54. The maximum Gasteiger partial charge on any atom is 0.246 e. The molecular weight excluding hydrogens is 218 g/mol. The highest BCUT2D eigenvalue weighted by molar-refractivity contribution is 6.31. The number of ketones is 1. The Kier molecular flexibility index (Phi) is 2.58. The van der Waals surface area contributed by atoms with E-state index in [-0.39, 0.29) is 12.2 Å². The van der Waals surface area contributed by atoms with Crippen LogP contribution in [0.5, 0.6) is 0 Å². The second-order valence-corrected chi connectivity index (χ2v) is 4.59. The lowest BCUT2D eigenvalue weighted by molar-refractivity contribution is -0.145. The predicted molar refractivity (Wildman–Crippen MR) is 62.3 cm³/mol. The molecule has 0 N–H and O–H groups in total. The van der Waals surface area contributed by atoms with Crippen LogP contribution in [-0.4, -0.2) is 17.6 Å². The number of Topliss-reactive ketones (excluding diaryl/α,β-unsaturated/α-hetero) is 1. The third kappa shape index (κ3) is 1.75. The Hall–Kier alpha value is -1.97. The first kappa shape index (κ1) is 11.5. The van der Waals surface area contributed by atoms with Crippen molar-refractivity contribution >= 4 is 23.3 Å². The van der Waals surface area contributed by atoms with Gasteiger partial charge in [-0.1, -0.05) is 18.2 Å². The summed E-state index contributed by atoms with van der Waals surface area (Å²) in [6.07, 6.45) is -0.215. The summed E-state index contributed by atoms with van der Waals surface area (Å²) in [6.45, 7) is 3.11. The molecule has 4 heteroatoms. The number of carbonyl (C=O) groups is 3. The van der Waals surface area contributed by atoms with Gasteiger partial charge in [-0.2, -0.15) is 0 Å². The Balaban J connectivity index is 2.45. The number of amides is 2. The van der Waals surface area contributed by atoms with Crippen molar-refractivity contribution in [3.63, 3.8) is 0 Å². The number of piperidine rings is 1. The molecule has 2 amide bonds. The molecule has 0 aromatic heterocycles. The van der Waals surface area contributed by atoms with Crippen molar-refractivity contribution in [3.05, 3.63) is 30.3 Å². The Labute approximate surface area is 99.2 Å². The van der Waals surface area contributed by atoms with Crippen LogP contribution in [0.15, 0.2) is 30.3 Å². The quantitative estimate of drug-likeness (QED) is 0.544. The molecule has 1 heterocycles. The number of nitrogens with zero attached hydrogens (tertiary/aromatic N) is 1. The van der Waals surface area contributed by atoms with Gasteiger partial charge in [-0.3, -0.25) is 14.4 Å². The highest BCUT2D eigenvalue weighted by atomic mass is 16.2. The van der Waals surface area contributed by atoms with Gasteiger partial charge in [0, 0.05) is 0 Å². The van der Waals surface area contributed by atoms with Crippen molar-refractivity contribution in [2.45, 2.75) is 20.3 Å². The number of hydrogen-bond acceptors (Lipinski definition) is 3. The molecule has 0 bridgehead atoms. The van der Waals surface area contributed by atoms with Crippen LogP contribution in [0.2, 0.25) is 0 Å². The minimum atomic E-state index is -1.12. The summed E-state index contributed by atoms with van der Waals surface area (Å²) < 4.78 is 0. The molecule has 0 saturated carbocycles. The molecule has 0 unspecified atom stereocenters. The van der Waals surface area contributed by atoms with Crippen LogP contribution < -0.4 is 4.90 Å². The SMILES string of the molecule is CC1(C)C(=O)CC(=O)N(c2ccccc2)C1=O. The molecule has 0 aliphatic carbocycles. The predicted octanol–water partition coefficient (Wildman–Crippen LogP) is 1.55. The van der Waals surface area contributed by atoms with Gasteiger partial charge in [0.05, 0.1) is 12.1 Å². The number of benzene rings is 1. The standard InChI is InChI=1S/C13H13NO3/c1-13(2)10(15)8-11(16)14(12(13)17)9-6-4-3-5-7-9/h3-7H,8H2,1-2H3. The van der Waals surface area contributed by atoms with Gasteiger partial charge < -0.3 is 0 Å². The van der Waals surface area contributed by atoms with E-state index in [2.05, 4.69) is 0 Å². The summed E-state index contributed by atoms with van der Waals surface area (Å²) in [5.74, 6) is -1.23. The van der Waals surface area contributed by atoms with Crippen LogP contribution in [0.4, 0.5) is 5.69 Å². The molecule has 1 aliphatic rings. The van der Waals surface area contributed by atoms with Crippen LogP contribution in [0.3, 0.4) is 0 Å². The largest absolute Gasteiger partial charge is 0.298 e. The van der Waals surface area contributed by atoms with Crippen LogP contribution in [0.1, 0.15) is 20.3 Å². The monoisotopic (exact) mass is 231 g/mol. The van der Waals surface area contributed by atoms with Gasteiger partial charge in [-0.25, -0.2) is 4.90 Å². The normalized spacial score (nSPS) is 19.6. The second-order valence-electron chi connectivity index (χ2n) is 4.59. The summed E-state index contributed by atoms with van der Waals surface area (Å²) in [6, 6.07) is 8.67. The molecule has 0 spiro atoms. The van der Waals surface area contributed by atoms with E-state index in [1.165, 1.54) is 0 Å². The molecule has 17 heavy (non-hydrogen) atoms. The molecule has 1 saturated heterocycles. The first-order chi connectivity index (χ1) is 7.94. The Bertz CT molecular complexity index is 491. The zero-order valence-corrected chi connectivity index (χ0v) is 9.77. The third-order valence-corrected chi connectivity index (χ3v) is 3.01. The van der Waals surface area contributed by atoms with E-state index in [9.17, 15) is 14.4 Å². The number of carbonyl (C=O) groups excluding carboxylic acids is 3. The van der Waals surface area contributed by atoms with E-state index in [0.29, 0.717) is 5.69 Å². The van der Waals surface area contributed by atoms with Crippen molar-refractivity contribution < 1.29 is 14.4 Å². The molecule has 0 atom stereocenters. The molecule has 0 radical (unpaired) electrons. The van der Waals surface area contributed by atoms with Gasteiger partial charge in [0.1, 0.15) is 5.41 Å². The first-order valence-electron chi connectivity index (χ1n) is 5.40. The van der Waals surface area contributed by atoms with E-state index in [4.69, 9.17) is 0 Å². The maximum absolute atomic E-state index is 12.2. The summed E-state index contributed by atoms with van der Waals surface area (Å²) >= 11 is 0. The van der Waals surface area contributed by atoms with Crippen molar-refractivity contribution in [1.29, 1.82) is 0 Å². The Morgan fingerprint density at radius 2 is 1.65 bits per heavy atom. The lowest BCUT2D eigenvalue weighted by atomic mass is 9.81. The average Bonchev–Trinajstić information content (AvgIpc) is 2.28. The van der Waals surface area contributed by atoms with Crippen molar-refractivity contribution in [2.24, 2.45) is 5.41 Å². The zero-order chi connectivity index (χ0) is 12.6. The molecule has 88 valence electrons. The van der Waals surface area contributed by atoms with Gasteiger partial charge in [0.2, 0.25) is 11.8 Å². The van der Waals surface area contributed by atoms with E-state index in [0.717, 1.165) is 4.90 Å². The van der Waals surface area contributed by atoms with Crippen molar-refractivity contribution in [1.82, 2.24) is 0 Å². The number of hydrogen-bond donors (Lipinski definition) is 0. The van der Waals surface area contributed by atoms with Crippen LogP contribution in [-0.2, 0) is 14.4 Å². The minimum Gasteiger partial charge on any atom is -0.298 e. The van der Waals surface area contributed by atoms with Crippen LogP contribution in [0.25, 0.3) is 0 Å². The van der Waals surface area contributed by atoms with Gasteiger partial charge in [-0.15, -0.1) is 0 Å².